The second-order valence-corrected chi connectivity index (χ2v) is 3.69. The van der Waals surface area contributed by atoms with Crippen LogP contribution in [0.5, 0.6) is 11.5 Å². The summed E-state index contributed by atoms with van der Waals surface area (Å²) in [6.45, 7) is 0. The summed E-state index contributed by atoms with van der Waals surface area (Å²) in [6, 6.07) is 8.78. The van der Waals surface area contributed by atoms with Crippen LogP contribution in [-0.4, -0.2) is 6.29 Å². The number of aldehydes is 1. The summed E-state index contributed by atoms with van der Waals surface area (Å²) >= 11 is 0. The van der Waals surface area contributed by atoms with Gasteiger partial charge in [-0.2, -0.15) is 5.26 Å². The van der Waals surface area contributed by atoms with Gasteiger partial charge in [-0.3, -0.25) is 4.79 Å². The molecule has 0 atom stereocenters. The predicted octanol–water partition coefficient (Wildman–Crippen LogP) is 3.44. The molecule has 0 aliphatic heterocycles. The SMILES string of the molecule is N#Cc1ccc(Oc2cc(F)cc(C=O)c2)cc1F. The Morgan fingerprint density at radius 1 is 1.11 bits per heavy atom. The van der Waals surface area contributed by atoms with Gasteiger partial charge in [0.15, 0.2) is 0 Å². The Morgan fingerprint density at radius 3 is 2.53 bits per heavy atom. The highest BCUT2D eigenvalue weighted by atomic mass is 19.1. The van der Waals surface area contributed by atoms with Crippen molar-refractivity contribution in [3.05, 3.63) is 59.2 Å². The first kappa shape index (κ1) is 12.7. The Bertz CT molecular complexity index is 678. The molecular formula is C14H7F2NO2. The molecule has 2 rings (SSSR count). The third kappa shape index (κ3) is 2.93. The van der Waals surface area contributed by atoms with Crippen LogP contribution in [0, 0.1) is 23.0 Å². The van der Waals surface area contributed by atoms with Crippen molar-refractivity contribution in [3.8, 4) is 17.6 Å². The minimum absolute atomic E-state index is 0.0752. The van der Waals surface area contributed by atoms with Crippen LogP contribution in [-0.2, 0) is 0 Å². The molecule has 0 aliphatic carbocycles. The van der Waals surface area contributed by atoms with Gasteiger partial charge in [-0.05, 0) is 24.3 Å². The summed E-state index contributed by atoms with van der Waals surface area (Å²) in [5, 5.41) is 8.58. The molecule has 0 aromatic heterocycles. The van der Waals surface area contributed by atoms with E-state index in [1.54, 1.807) is 6.07 Å². The van der Waals surface area contributed by atoms with Gasteiger partial charge in [0.1, 0.15) is 35.5 Å². The number of hydrogen-bond donors (Lipinski definition) is 0. The fourth-order valence-corrected chi connectivity index (χ4v) is 1.50. The van der Waals surface area contributed by atoms with E-state index in [0.717, 1.165) is 18.2 Å². The van der Waals surface area contributed by atoms with Crippen LogP contribution in [0.25, 0.3) is 0 Å². The summed E-state index contributed by atoms with van der Waals surface area (Å²) < 4.78 is 31.7. The molecule has 0 amide bonds. The van der Waals surface area contributed by atoms with Crippen LogP contribution in [0.15, 0.2) is 36.4 Å². The monoisotopic (exact) mass is 259 g/mol. The van der Waals surface area contributed by atoms with E-state index >= 15 is 0 Å². The second-order valence-electron chi connectivity index (χ2n) is 3.69. The Morgan fingerprint density at radius 2 is 1.89 bits per heavy atom. The van der Waals surface area contributed by atoms with Crippen LogP contribution < -0.4 is 4.74 Å². The van der Waals surface area contributed by atoms with Gasteiger partial charge < -0.3 is 4.74 Å². The van der Waals surface area contributed by atoms with E-state index in [4.69, 9.17) is 10.00 Å². The molecule has 0 bridgehead atoms. The number of hydrogen-bond acceptors (Lipinski definition) is 3. The minimum Gasteiger partial charge on any atom is -0.457 e. The molecule has 0 fully saturated rings. The van der Waals surface area contributed by atoms with Crippen molar-refractivity contribution in [2.75, 3.05) is 0 Å². The smallest absolute Gasteiger partial charge is 0.150 e. The van der Waals surface area contributed by atoms with Crippen LogP contribution in [0.1, 0.15) is 15.9 Å². The van der Waals surface area contributed by atoms with Gasteiger partial charge in [-0.25, -0.2) is 8.78 Å². The molecule has 0 aliphatic rings. The van der Waals surface area contributed by atoms with Crippen molar-refractivity contribution >= 4 is 6.29 Å². The summed E-state index contributed by atoms with van der Waals surface area (Å²) in [6.07, 6.45) is 0.481. The summed E-state index contributed by atoms with van der Waals surface area (Å²) in [7, 11) is 0. The standard InChI is InChI=1S/C14H7F2NO2/c15-11-3-9(8-18)4-13(5-11)19-12-2-1-10(7-17)14(16)6-12/h1-6,8H. The first-order valence-electron chi connectivity index (χ1n) is 5.25. The fourth-order valence-electron chi connectivity index (χ4n) is 1.50. The predicted molar refractivity (Wildman–Crippen MR) is 63.0 cm³/mol. The maximum atomic E-state index is 13.3. The van der Waals surface area contributed by atoms with Crippen molar-refractivity contribution in [3.63, 3.8) is 0 Å². The van der Waals surface area contributed by atoms with E-state index in [0.29, 0.717) is 6.29 Å². The molecule has 0 heterocycles. The first-order valence-corrected chi connectivity index (χ1v) is 5.25. The Labute approximate surface area is 107 Å². The van der Waals surface area contributed by atoms with E-state index in [2.05, 4.69) is 0 Å². The number of carbonyl (C=O) groups excluding carboxylic acids is 1. The average Bonchev–Trinajstić information content (AvgIpc) is 2.38. The van der Waals surface area contributed by atoms with Crippen LogP contribution in [0.2, 0.25) is 0 Å². The summed E-state index contributed by atoms with van der Waals surface area (Å²) in [5.74, 6) is -1.18. The van der Waals surface area contributed by atoms with Gasteiger partial charge in [0.2, 0.25) is 0 Å². The first-order chi connectivity index (χ1) is 9.12. The zero-order valence-corrected chi connectivity index (χ0v) is 9.56. The minimum atomic E-state index is -0.730. The average molecular weight is 259 g/mol. The molecule has 3 nitrogen and oxygen atoms in total. The largest absolute Gasteiger partial charge is 0.457 e. The van der Waals surface area contributed by atoms with Crippen molar-refractivity contribution in [1.29, 1.82) is 5.26 Å². The van der Waals surface area contributed by atoms with Crippen LogP contribution >= 0.6 is 0 Å². The second kappa shape index (κ2) is 5.27. The number of carbonyl (C=O) groups is 1. The lowest BCUT2D eigenvalue weighted by molar-refractivity contribution is 0.112. The Kier molecular flexibility index (Phi) is 3.53. The number of nitrogens with zero attached hydrogens (tertiary/aromatic N) is 1. The lowest BCUT2D eigenvalue weighted by Crippen LogP contribution is -1.91. The molecule has 2 aromatic rings. The van der Waals surface area contributed by atoms with Crippen LogP contribution in [0.4, 0.5) is 8.78 Å². The normalized spacial score (nSPS) is 9.74. The molecule has 2 aromatic carbocycles. The zero-order valence-electron chi connectivity index (χ0n) is 9.56. The highest BCUT2D eigenvalue weighted by molar-refractivity contribution is 5.75. The van der Waals surface area contributed by atoms with Crippen LogP contribution in [0.3, 0.4) is 0 Å². The molecule has 0 saturated carbocycles. The van der Waals surface area contributed by atoms with Crippen molar-refractivity contribution in [1.82, 2.24) is 0 Å². The molecule has 5 heteroatoms. The van der Waals surface area contributed by atoms with Crippen molar-refractivity contribution < 1.29 is 18.3 Å². The molecule has 0 saturated heterocycles. The lowest BCUT2D eigenvalue weighted by Gasteiger charge is -2.07. The maximum absolute atomic E-state index is 13.3. The van der Waals surface area contributed by atoms with Crippen molar-refractivity contribution in [2.24, 2.45) is 0 Å². The maximum Gasteiger partial charge on any atom is 0.150 e. The van der Waals surface area contributed by atoms with E-state index in [1.807, 2.05) is 0 Å². The number of nitriles is 1. The molecule has 0 spiro atoms. The number of rotatable bonds is 3. The number of ether oxygens (including phenoxy) is 1. The van der Waals surface area contributed by atoms with Gasteiger partial charge in [0.05, 0.1) is 5.56 Å². The molecule has 94 valence electrons. The highest BCUT2D eigenvalue weighted by Crippen LogP contribution is 2.24. The zero-order chi connectivity index (χ0) is 13.8. The summed E-state index contributed by atoms with van der Waals surface area (Å²) in [5.41, 5.74) is 0.00397. The number of benzene rings is 2. The lowest BCUT2D eigenvalue weighted by atomic mass is 10.2. The third-order valence-corrected chi connectivity index (χ3v) is 2.33. The van der Waals surface area contributed by atoms with E-state index in [-0.39, 0.29) is 22.6 Å². The Balaban J connectivity index is 2.31. The van der Waals surface area contributed by atoms with E-state index in [9.17, 15) is 13.6 Å². The van der Waals surface area contributed by atoms with Gasteiger partial charge in [0.25, 0.3) is 0 Å². The third-order valence-electron chi connectivity index (χ3n) is 2.33. The van der Waals surface area contributed by atoms with E-state index in [1.165, 1.54) is 18.2 Å². The van der Waals surface area contributed by atoms with Gasteiger partial charge in [0, 0.05) is 17.7 Å². The molecule has 0 N–H and O–H groups in total. The molecule has 0 radical (unpaired) electrons. The molecule has 0 unspecified atom stereocenters. The van der Waals surface area contributed by atoms with Gasteiger partial charge >= 0.3 is 0 Å². The van der Waals surface area contributed by atoms with Gasteiger partial charge in [-0.15, -0.1) is 0 Å². The Hall–Kier alpha value is -2.74. The van der Waals surface area contributed by atoms with Crippen molar-refractivity contribution in [2.45, 2.75) is 0 Å². The highest BCUT2D eigenvalue weighted by Gasteiger charge is 2.06. The molecular weight excluding hydrogens is 252 g/mol. The van der Waals surface area contributed by atoms with E-state index < -0.39 is 11.6 Å². The van der Waals surface area contributed by atoms with Gasteiger partial charge in [-0.1, -0.05) is 0 Å². The fraction of sp³-hybridized carbons (Fsp3) is 0. The molecule has 19 heavy (non-hydrogen) atoms. The number of halogens is 2. The summed E-state index contributed by atoms with van der Waals surface area (Å²) in [4.78, 5) is 10.6. The topological polar surface area (TPSA) is 50.1 Å². The quantitative estimate of drug-likeness (QED) is 0.793.